The zero-order chi connectivity index (χ0) is 24.2. The van der Waals surface area contributed by atoms with Gasteiger partial charge in [-0.15, -0.1) is 0 Å². The molecule has 0 aromatic heterocycles. The van der Waals surface area contributed by atoms with E-state index in [9.17, 15) is 15.3 Å². The predicted molar refractivity (Wildman–Crippen MR) is 134 cm³/mol. The van der Waals surface area contributed by atoms with Crippen LogP contribution < -0.4 is 4.74 Å². The first-order chi connectivity index (χ1) is 16.5. The maximum Gasteiger partial charge on any atom is 0.119 e. The van der Waals surface area contributed by atoms with Gasteiger partial charge in [0.15, 0.2) is 0 Å². The highest BCUT2D eigenvalue weighted by Gasteiger charge is 2.45. The van der Waals surface area contributed by atoms with Crippen molar-refractivity contribution in [3.8, 4) is 5.75 Å². The van der Waals surface area contributed by atoms with Crippen molar-refractivity contribution in [2.45, 2.75) is 96.6 Å². The number of fused-ring (bicyclic) bond motifs is 1. The number of benzene rings is 1. The molecule has 0 spiro atoms. The fourth-order valence-corrected chi connectivity index (χ4v) is 6.40. The van der Waals surface area contributed by atoms with Gasteiger partial charge in [0.2, 0.25) is 0 Å². The largest absolute Gasteiger partial charge is 0.494 e. The minimum Gasteiger partial charge on any atom is -0.494 e. The Morgan fingerprint density at radius 1 is 1.03 bits per heavy atom. The summed E-state index contributed by atoms with van der Waals surface area (Å²) in [5.74, 6) is 1.35. The normalized spacial score (nSPS) is 31.7. The first-order valence-corrected chi connectivity index (χ1v) is 13.3. The molecule has 2 fully saturated rings. The molecule has 34 heavy (non-hydrogen) atoms. The molecule has 6 atom stereocenters. The molecule has 3 unspecified atom stereocenters. The zero-order valence-electron chi connectivity index (χ0n) is 21.0. The third-order valence-electron chi connectivity index (χ3n) is 8.09. The van der Waals surface area contributed by atoms with Gasteiger partial charge >= 0.3 is 0 Å². The average Bonchev–Trinajstić information content (AvgIpc) is 3.32. The molecular formula is C29H42O5. The van der Waals surface area contributed by atoms with Gasteiger partial charge in [0.05, 0.1) is 25.4 Å². The molecule has 0 amide bonds. The van der Waals surface area contributed by atoms with Gasteiger partial charge in [-0.05, 0) is 80.2 Å². The predicted octanol–water partition coefficient (Wildman–Crippen LogP) is 4.73. The van der Waals surface area contributed by atoms with Crippen molar-refractivity contribution < 1.29 is 24.8 Å². The molecule has 4 rings (SSSR count). The summed E-state index contributed by atoms with van der Waals surface area (Å²) in [6.45, 7) is 6.93. The summed E-state index contributed by atoms with van der Waals surface area (Å²) in [6, 6.07) is 8.45. The van der Waals surface area contributed by atoms with Crippen LogP contribution in [0, 0.1) is 11.8 Å². The molecule has 2 aliphatic carbocycles. The number of allylic oxidation sites excluding steroid dienone is 3. The van der Waals surface area contributed by atoms with E-state index in [0.717, 1.165) is 44.3 Å². The Hall–Kier alpha value is -1.66. The molecule has 188 valence electrons. The van der Waals surface area contributed by atoms with E-state index < -0.39 is 18.3 Å². The lowest BCUT2D eigenvalue weighted by Crippen LogP contribution is -2.53. The van der Waals surface area contributed by atoms with Crippen LogP contribution in [0.3, 0.4) is 0 Å². The van der Waals surface area contributed by atoms with Crippen LogP contribution in [0.5, 0.6) is 5.75 Å². The van der Waals surface area contributed by atoms with Crippen LogP contribution in [-0.4, -0.2) is 52.9 Å². The number of unbranched alkanes of at least 4 members (excludes halogenated alkanes) is 1. The molecule has 5 heteroatoms. The molecule has 3 N–H and O–H groups in total. The van der Waals surface area contributed by atoms with Gasteiger partial charge in [0.1, 0.15) is 18.0 Å². The maximum absolute atomic E-state index is 10.6. The number of ether oxygens (including phenoxy) is 2. The lowest BCUT2D eigenvalue weighted by Gasteiger charge is -2.45. The van der Waals surface area contributed by atoms with Gasteiger partial charge in [-0.1, -0.05) is 43.5 Å². The van der Waals surface area contributed by atoms with Gasteiger partial charge in [-0.25, -0.2) is 0 Å². The highest BCUT2D eigenvalue weighted by molar-refractivity contribution is 5.50. The smallest absolute Gasteiger partial charge is 0.119 e. The van der Waals surface area contributed by atoms with Gasteiger partial charge < -0.3 is 24.8 Å². The summed E-state index contributed by atoms with van der Waals surface area (Å²) in [7, 11) is 0. The highest BCUT2D eigenvalue weighted by atomic mass is 16.5. The lowest BCUT2D eigenvalue weighted by atomic mass is 9.66. The number of aliphatic hydroxyl groups excluding tert-OH is 3. The second-order valence-electron chi connectivity index (χ2n) is 10.2. The lowest BCUT2D eigenvalue weighted by molar-refractivity contribution is -0.191. The quantitative estimate of drug-likeness (QED) is 0.486. The summed E-state index contributed by atoms with van der Waals surface area (Å²) < 4.78 is 11.9. The molecule has 1 saturated heterocycles. The van der Waals surface area contributed by atoms with E-state index in [1.165, 1.54) is 28.7 Å². The first kappa shape index (κ1) is 25.4. The number of rotatable bonds is 9. The fraction of sp³-hybridized carbons (Fsp3) is 0.655. The number of hydrogen-bond acceptors (Lipinski definition) is 5. The van der Waals surface area contributed by atoms with Gasteiger partial charge in [0, 0.05) is 12.3 Å². The molecule has 1 heterocycles. The second kappa shape index (κ2) is 11.4. The van der Waals surface area contributed by atoms with Crippen molar-refractivity contribution in [2.24, 2.45) is 11.8 Å². The van der Waals surface area contributed by atoms with Crippen LogP contribution >= 0.6 is 0 Å². The van der Waals surface area contributed by atoms with Crippen molar-refractivity contribution in [2.75, 3.05) is 13.2 Å². The van der Waals surface area contributed by atoms with Crippen molar-refractivity contribution >= 4 is 0 Å². The maximum atomic E-state index is 10.6. The van der Waals surface area contributed by atoms with E-state index in [-0.39, 0.29) is 24.5 Å². The van der Waals surface area contributed by atoms with Gasteiger partial charge in [0.25, 0.3) is 0 Å². The Balaban J connectivity index is 1.68. The van der Waals surface area contributed by atoms with Crippen LogP contribution in [0.4, 0.5) is 0 Å². The van der Waals surface area contributed by atoms with Crippen molar-refractivity contribution in [1.29, 1.82) is 0 Å². The third kappa shape index (κ3) is 5.13. The Morgan fingerprint density at radius 2 is 1.74 bits per heavy atom. The van der Waals surface area contributed by atoms with Crippen LogP contribution in [0.1, 0.15) is 71.3 Å². The van der Waals surface area contributed by atoms with E-state index in [0.29, 0.717) is 13.0 Å². The number of aliphatic hydroxyl groups is 3. The minimum absolute atomic E-state index is 0.164. The SMILES string of the molecule is CCCCC1=C2CCCC2=C(Cc2ccc(OCC)cc2)C(C)C1[C@H]1C[C@@H](O)C(O)[C@@H](CO)O1. The first-order valence-electron chi connectivity index (χ1n) is 13.3. The van der Waals surface area contributed by atoms with Crippen LogP contribution in [0.25, 0.3) is 0 Å². The Labute approximate surface area is 204 Å². The molecule has 1 aromatic rings. The monoisotopic (exact) mass is 470 g/mol. The summed E-state index contributed by atoms with van der Waals surface area (Å²) in [4.78, 5) is 0. The van der Waals surface area contributed by atoms with Crippen LogP contribution in [-0.2, 0) is 11.2 Å². The van der Waals surface area contributed by atoms with E-state index >= 15 is 0 Å². The molecule has 0 radical (unpaired) electrons. The molecule has 1 saturated carbocycles. The third-order valence-corrected chi connectivity index (χ3v) is 8.09. The zero-order valence-corrected chi connectivity index (χ0v) is 21.0. The summed E-state index contributed by atoms with van der Waals surface area (Å²) in [6.07, 6.45) is 5.26. The highest BCUT2D eigenvalue weighted by Crippen LogP contribution is 2.51. The topological polar surface area (TPSA) is 79.2 Å². The Kier molecular flexibility index (Phi) is 8.52. The molecule has 0 bridgehead atoms. The van der Waals surface area contributed by atoms with E-state index in [1.54, 1.807) is 5.57 Å². The van der Waals surface area contributed by atoms with Crippen molar-refractivity contribution in [3.05, 3.63) is 52.1 Å². The van der Waals surface area contributed by atoms with Gasteiger partial charge in [-0.3, -0.25) is 0 Å². The van der Waals surface area contributed by atoms with E-state index in [1.807, 2.05) is 6.92 Å². The average molecular weight is 471 g/mol. The van der Waals surface area contributed by atoms with Crippen molar-refractivity contribution in [3.63, 3.8) is 0 Å². The molecule has 3 aliphatic rings. The second-order valence-corrected chi connectivity index (χ2v) is 10.2. The van der Waals surface area contributed by atoms with Crippen LogP contribution in [0.15, 0.2) is 46.6 Å². The standard InChI is InChI=1S/C29H42O5/c1-4-6-8-23-21-9-7-10-22(21)24(15-19-11-13-20(14-12-19)33-5-2)18(3)28(23)26-16-25(31)29(32)27(17-30)34-26/h11-14,18,25-32H,4-10,15-17H2,1-3H3/t18?,25-,26-,27-,28?,29?/m1/s1. The molecule has 5 nitrogen and oxygen atoms in total. The number of hydrogen-bond donors (Lipinski definition) is 3. The Bertz CT molecular complexity index is 886. The molecule has 1 aliphatic heterocycles. The van der Waals surface area contributed by atoms with Gasteiger partial charge in [-0.2, -0.15) is 0 Å². The molecule has 1 aromatic carbocycles. The van der Waals surface area contributed by atoms with E-state index in [2.05, 4.69) is 38.1 Å². The Morgan fingerprint density at radius 3 is 2.38 bits per heavy atom. The summed E-state index contributed by atoms with van der Waals surface area (Å²) in [5, 5.41) is 30.7. The summed E-state index contributed by atoms with van der Waals surface area (Å²) >= 11 is 0. The summed E-state index contributed by atoms with van der Waals surface area (Å²) in [5.41, 5.74) is 7.36. The van der Waals surface area contributed by atoms with Crippen LogP contribution in [0.2, 0.25) is 0 Å². The van der Waals surface area contributed by atoms with E-state index in [4.69, 9.17) is 9.47 Å². The van der Waals surface area contributed by atoms with Crippen molar-refractivity contribution in [1.82, 2.24) is 0 Å². The molecular weight excluding hydrogens is 428 g/mol. The minimum atomic E-state index is -1.03. The fourth-order valence-electron chi connectivity index (χ4n) is 6.40.